The number of benzene rings is 1. The second-order valence-corrected chi connectivity index (χ2v) is 6.63. The summed E-state index contributed by atoms with van der Waals surface area (Å²) in [6.07, 6.45) is 1.83. The largest absolute Gasteiger partial charge is 0.493 e. The van der Waals surface area contributed by atoms with Crippen LogP contribution < -0.4 is 14.8 Å². The highest BCUT2D eigenvalue weighted by Gasteiger charge is 2.26. The van der Waals surface area contributed by atoms with E-state index in [9.17, 15) is 14.9 Å². The van der Waals surface area contributed by atoms with Crippen LogP contribution in [-0.4, -0.2) is 34.7 Å². The molecule has 0 spiro atoms. The van der Waals surface area contributed by atoms with Crippen LogP contribution >= 0.6 is 11.3 Å². The number of ether oxygens (including phenoxy) is 2. The average molecular weight is 394 g/mol. The lowest BCUT2D eigenvalue weighted by Crippen LogP contribution is -2.14. The first-order valence-electron chi connectivity index (χ1n) is 8.58. The molecule has 27 heavy (non-hydrogen) atoms. The SMILES string of the molecule is CCOc1cc([N+](=O)[O-])c(C(=O)Nc2nnc(C(CC)CC)s2)cc1OC. The van der Waals surface area contributed by atoms with Gasteiger partial charge in [0.1, 0.15) is 10.6 Å². The van der Waals surface area contributed by atoms with Crippen molar-refractivity contribution in [2.45, 2.75) is 39.5 Å². The molecule has 1 heterocycles. The van der Waals surface area contributed by atoms with E-state index in [4.69, 9.17) is 9.47 Å². The Morgan fingerprint density at radius 1 is 1.26 bits per heavy atom. The summed E-state index contributed by atoms with van der Waals surface area (Å²) in [5, 5.41) is 23.2. The van der Waals surface area contributed by atoms with E-state index >= 15 is 0 Å². The highest BCUT2D eigenvalue weighted by Crippen LogP contribution is 2.35. The Kier molecular flexibility index (Phi) is 7.05. The molecule has 1 amide bonds. The fourth-order valence-electron chi connectivity index (χ4n) is 2.56. The Labute approximate surface area is 160 Å². The van der Waals surface area contributed by atoms with Gasteiger partial charge >= 0.3 is 0 Å². The van der Waals surface area contributed by atoms with Gasteiger partial charge in [-0.05, 0) is 19.8 Å². The highest BCUT2D eigenvalue weighted by atomic mass is 32.1. The van der Waals surface area contributed by atoms with Crippen molar-refractivity contribution >= 4 is 28.1 Å². The monoisotopic (exact) mass is 394 g/mol. The zero-order chi connectivity index (χ0) is 20.0. The quantitative estimate of drug-likeness (QED) is 0.504. The van der Waals surface area contributed by atoms with Crippen LogP contribution in [0.25, 0.3) is 0 Å². The highest BCUT2D eigenvalue weighted by molar-refractivity contribution is 7.15. The molecule has 2 rings (SSSR count). The minimum Gasteiger partial charge on any atom is -0.493 e. The molecule has 0 bridgehead atoms. The van der Waals surface area contributed by atoms with Gasteiger partial charge in [-0.3, -0.25) is 20.2 Å². The van der Waals surface area contributed by atoms with Gasteiger partial charge in [0.25, 0.3) is 11.6 Å². The number of aromatic nitrogens is 2. The lowest BCUT2D eigenvalue weighted by Gasteiger charge is -2.11. The molecule has 1 aromatic heterocycles. The van der Waals surface area contributed by atoms with Crippen molar-refractivity contribution in [2.75, 3.05) is 19.0 Å². The van der Waals surface area contributed by atoms with Crippen molar-refractivity contribution in [3.8, 4) is 11.5 Å². The van der Waals surface area contributed by atoms with E-state index in [2.05, 4.69) is 29.4 Å². The lowest BCUT2D eigenvalue weighted by atomic mass is 10.1. The maximum absolute atomic E-state index is 12.6. The third kappa shape index (κ3) is 4.70. The lowest BCUT2D eigenvalue weighted by molar-refractivity contribution is -0.385. The molecular weight excluding hydrogens is 372 g/mol. The molecule has 1 aromatic carbocycles. The molecule has 9 nitrogen and oxygen atoms in total. The van der Waals surface area contributed by atoms with Crippen LogP contribution in [0, 0.1) is 10.1 Å². The third-order valence-electron chi connectivity index (χ3n) is 4.02. The number of nitrogens with zero attached hydrogens (tertiary/aromatic N) is 3. The van der Waals surface area contributed by atoms with Crippen molar-refractivity contribution in [1.29, 1.82) is 0 Å². The zero-order valence-electron chi connectivity index (χ0n) is 15.6. The van der Waals surface area contributed by atoms with E-state index in [1.165, 1.54) is 30.6 Å². The number of hydrogen-bond acceptors (Lipinski definition) is 8. The summed E-state index contributed by atoms with van der Waals surface area (Å²) >= 11 is 1.27. The molecule has 0 atom stereocenters. The first-order chi connectivity index (χ1) is 12.9. The Balaban J connectivity index is 2.33. The molecule has 0 aliphatic rings. The van der Waals surface area contributed by atoms with E-state index in [1.54, 1.807) is 6.92 Å². The fraction of sp³-hybridized carbons (Fsp3) is 0.471. The van der Waals surface area contributed by atoms with Gasteiger partial charge in [-0.1, -0.05) is 25.2 Å². The molecule has 0 aliphatic carbocycles. The van der Waals surface area contributed by atoms with E-state index in [0.29, 0.717) is 11.7 Å². The summed E-state index contributed by atoms with van der Waals surface area (Å²) in [5.41, 5.74) is -0.513. The van der Waals surface area contributed by atoms with Crippen LogP contribution in [0.1, 0.15) is 54.9 Å². The summed E-state index contributed by atoms with van der Waals surface area (Å²) < 4.78 is 10.5. The average Bonchev–Trinajstić information content (AvgIpc) is 3.10. The number of carbonyl (C=O) groups is 1. The van der Waals surface area contributed by atoms with Crippen molar-refractivity contribution in [2.24, 2.45) is 0 Å². The van der Waals surface area contributed by atoms with Crippen LogP contribution in [0.15, 0.2) is 12.1 Å². The van der Waals surface area contributed by atoms with Gasteiger partial charge < -0.3 is 9.47 Å². The number of rotatable bonds is 9. The van der Waals surface area contributed by atoms with E-state index in [-0.39, 0.29) is 28.7 Å². The molecule has 0 aliphatic heterocycles. The predicted molar refractivity (Wildman–Crippen MR) is 102 cm³/mol. The van der Waals surface area contributed by atoms with Crippen molar-refractivity contribution in [3.05, 3.63) is 32.8 Å². The van der Waals surface area contributed by atoms with Crippen LogP contribution in [0.4, 0.5) is 10.8 Å². The third-order valence-corrected chi connectivity index (χ3v) is 5.02. The second kappa shape index (κ2) is 9.26. The van der Waals surface area contributed by atoms with E-state index < -0.39 is 10.8 Å². The molecule has 10 heteroatoms. The van der Waals surface area contributed by atoms with E-state index in [1.807, 2.05) is 0 Å². The topological polar surface area (TPSA) is 116 Å². The number of amides is 1. The summed E-state index contributed by atoms with van der Waals surface area (Å²) in [4.78, 5) is 23.4. The summed E-state index contributed by atoms with van der Waals surface area (Å²) in [7, 11) is 1.40. The molecule has 2 aromatic rings. The molecule has 0 unspecified atom stereocenters. The van der Waals surface area contributed by atoms with Gasteiger partial charge in [-0.2, -0.15) is 0 Å². The predicted octanol–water partition coefficient (Wildman–Crippen LogP) is 4.01. The smallest absolute Gasteiger partial charge is 0.286 e. The molecule has 0 fully saturated rings. The number of hydrogen-bond donors (Lipinski definition) is 1. The molecule has 146 valence electrons. The number of nitro groups is 1. The molecule has 0 saturated carbocycles. The van der Waals surface area contributed by atoms with Gasteiger partial charge in [-0.25, -0.2) is 0 Å². The molecule has 1 N–H and O–H groups in total. The number of nitrogens with one attached hydrogen (secondary N) is 1. The maximum Gasteiger partial charge on any atom is 0.286 e. The molecular formula is C17H22N4O5S. The Hall–Kier alpha value is -2.75. The molecule has 0 saturated heterocycles. The second-order valence-electron chi connectivity index (χ2n) is 5.62. The van der Waals surface area contributed by atoms with Crippen molar-refractivity contribution in [1.82, 2.24) is 10.2 Å². The van der Waals surface area contributed by atoms with Gasteiger partial charge in [0, 0.05) is 12.0 Å². The number of anilines is 1. The van der Waals surface area contributed by atoms with Crippen molar-refractivity contribution in [3.63, 3.8) is 0 Å². The Morgan fingerprint density at radius 2 is 1.96 bits per heavy atom. The zero-order valence-corrected chi connectivity index (χ0v) is 16.5. The first kappa shape index (κ1) is 20.6. The summed E-state index contributed by atoms with van der Waals surface area (Å²) in [6, 6.07) is 2.48. The summed E-state index contributed by atoms with van der Waals surface area (Å²) in [5.74, 6) is 0.0566. The minimum absolute atomic E-state index is 0.139. The van der Waals surface area contributed by atoms with Gasteiger partial charge in [0.15, 0.2) is 11.5 Å². The minimum atomic E-state index is -0.657. The standard InChI is InChI=1S/C17H22N4O5S/c1-5-10(6-2)16-19-20-17(27-16)18-15(22)11-8-13(25-4)14(26-7-3)9-12(11)21(23)24/h8-10H,5-7H2,1-4H3,(H,18,20,22). The van der Waals surface area contributed by atoms with Crippen molar-refractivity contribution < 1.29 is 19.2 Å². The van der Waals surface area contributed by atoms with Crippen LogP contribution in [0.5, 0.6) is 11.5 Å². The van der Waals surface area contributed by atoms with Gasteiger partial charge in [0.05, 0.1) is 24.7 Å². The first-order valence-corrected chi connectivity index (χ1v) is 9.40. The van der Waals surface area contributed by atoms with Gasteiger partial charge in [-0.15, -0.1) is 10.2 Å². The van der Waals surface area contributed by atoms with Crippen LogP contribution in [0.2, 0.25) is 0 Å². The number of nitro benzene ring substituents is 1. The summed E-state index contributed by atoms with van der Waals surface area (Å²) in [6.45, 7) is 6.17. The normalized spacial score (nSPS) is 10.7. The molecule has 0 radical (unpaired) electrons. The van der Waals surface area contributed by atoms with Gasteiger partial charge in [0.2, 0.25) is 5.13 Å². The maximum atomic E-state index is 12.6. The Morgan fingerprint density at radius 3 is 2.52 bits per heavy atom. The Bertz CT molecular complexity index is 820. The fourth-order valence-corrected chi connectivity index (χ4v) is 3.57. The number of carbonyl (C=O) groups excluding carboxylic acids is 1. The van der Waals surface area contributed by atoms with Crippen LogP contribution in [0.3, 0.4) is 0 Å². The number of methoxy groups -OCH3 is 1. The van der Waals surface area contributed by atoms with Crippen LogP contribution in [-0.2, 0) is 0 Å². The van der Waals surface area contributed by atoms with E-state index in [0.717, 1.165) is 17.8 Å².